The molecule has 0 unspecified atom stereocenters. The summed E-state index contributed by atoms with van der Waals surface area (Å²) in [4.78, 5) is 25.8. The van der Waals surface area contributed by atoms with E-state index in [1.807, 2.05) is 4.90 Å². The van der Waals surface area contributed by atoms with E-state index in [0.29, 0.717) is 33.5 Å². The summed E-state index contributed by atoms with van der Waals surface area (Å²) >= 11 is 11.6. The molecule has 11 heteroatoms. The minimum absolute atomic E-state index is 0.0210. The van der Waals surface area contributed by atoms with Gasteiger partial charge in [-0.05, 0) is 61.5 Å². The van der Waals surface area contributed by atoms with Crippen molar-refractivity contribution in [1.82, 2.24) is 5.32 Å². The van der Waals surface area contributed by atoms with Crippen LogP contribution in [0.15, 0.2) is 52.9 Å². The molecule has 1 amide bonds. The van der Waals surface area contributed by atoms with Gasteiger partial charge in [0.2, 0.25) is 0 Å². The van der Waals surface area contributed by atoms with E-state index < -0.39 is 10.8 Å². The number of nitrogens with one attached hydrogen (secondary N) is 2. The van der Waals surface area contributed by atoms with Gasteiger partial charge in [0, 0.05) is 36.5 Å². The molecule has 1 aromatic heterocycles. The number of carbonyl (C=O) groups excluding carboxylic acids is 1. The van der Waals surface area contributed by atoms with Crippen LogP contribution >= 0.6 is 23.8 Å². The van der Waals surface area contributed by atoms with Gasteiger partial charge in [-0.25, -0.2) is 0 Å². The first kappa shape index (κ1) is 23.7. The van der Waals surface area contributed by atoms with E-state index in [0.717, 1.165) is 25.9 Å². The second-order valence-corrected chi connectivity index (χ2v) is 8.50. The number of rotatable bonds is 6. The van der Waals surface area contributed by atoms with Crippen LogP contribution in [-0.4, -0.2) is 34.1 Å². The Kier molecular flexibility index (Phi) is 7.11. The molecule has 0 radical (unpaired) electrons. The normalized spacial score (nSPS) is 13.1. The number of aliphatic hydroxyl groups is 1. The summed E-state index contributed by atoms with van der Waals surface area (Å²) in [6.07, 6.45) is 1.98. The zero-order valence-corrected chi connectivity index (χ0v) is 19.5. The molecular formula is C23H21ClN4O5S. The molecule has 0 saturated carbocycles. The molecule has 1 aliphatic heterocycles. The van der Waals surface area contributed by atoms with E-state index in [2.05, 4.69) is 10.6 Å². The molecule has 9 nitrogen and oxygen atoms in total. The van der Waals surface area contributed by atoms with Gasteiger partial charge in [-0.3, -0.25) is 20.2 Å². The van der Waals surface area contributed by atoms with Gasteiger partial charge >= 0.3 is 0 Å². The summed E-state index contributed by atoms with van der Waals surface area (Å²) in [5.41, 5.74) is 1.77. The maximum atomic E-state index is 13.0. The van der Waals surface area contributed by atoms with Crippen LogP contribution in [0.3, 0.4) is 0 Å². The van der Waals surface area contributed by atoms with Gasteiger partial charge in [-0.2, -0.15) is 0 Å². The summed E-state index contributed by atoms with van der Waals surface area (Å²) < 4.78 is 5.55. The topological polar surface area (TPSA) is 121 Å². The molecule has 2 aromatic carbocycles. The summed E-state index contributed by atoms with van der Waals surface area (Å²) in [5, 5.41) is 26.5. The number of non-ortho nitro benzene ring substituents is 1. The lowest BCUT2D eigenvalue weighted by atomic mass is 10.1. The smallest absolute Gasteiger partial charge is 0.270 e. The third-order valence-electron chi connectivity index (χ3n) is 5.42. The van der Waals surface area contributed by atoms with Gasteiger partial charge in [0.1, 0.15) is 18.1 Å². The number of aliphatic hydroxyl groups excluding tert-OH is 1. The van der Waals surface area contributed by atoms with E-state index in [4.69, 9.17) is 28.2 Å². The molecule has 0 spiro atoms. The lowest BCUT2D eigenvalue weighted by Crippen LogP contribution is -2.35. The minimum atomic E-state index is -0.545. The average molecular weight is 501 g/mol. The third-order valence-corrected chi connectivity index (χ3v) is 5.95. The van der Waals surface area contributed by atoms with Crippen LogP contribution in [0.1, 0.15) is 29.0 Å². The van der Waals surface area contributed by atoms with E-state index in [1.54, 1.807) is 36.4 Å². The van der Waals surface area contributed by atoms with E-state index in [-0.39, 0.29) is 23.0 Å². The molecule has 2 heterocycles. The summed E-state index contributed by atoms with van der Waals surface area (Å²) in [7, 11) is 0. The first-order valence-electron chi connectivity index (χ1n) is 10.5. The van der Waals surface area contributed by atoms with Gasteiger partial charge in [-0.1, -0.05) is 11.6 Å². The van der Waals surface area contributed by atoms with Crippen LogP contribution in [0.4, 0.5) is 17.1 Å². The molecule has 0 aliphatic carbocycles. The molecule has 1 fully saturated rings. The number of amides is 1. The van der Waals surface area contributed by atoms with Crippen molar-refractivity contribution >= 4 is 51.9 Å². The molecule has 176 valence electrons. The Balaban J connectivity index is 1.52. The highest BCUT2D eigenvalue weighted by Crippen LogP contribution is 2.32. The predicted molar refractivity (Wildman–Crippen MR) is 133 cm³/mol. The Morgan fingerprint density at radius 3 is 2.62 bits per heavy atom. The average Bonchev–Trinajstić information content (AvgIpc) is 3.52. The molecule has 0 bridgehead atoms. The number of nitrogens with zero attached hydrogens (tertiary/aromatic N) is 2. The number of furan rings is 1. The Morgan fingerprint density at radius 2 is 1.94 bits per heavy atom. The Morgan fingerprint density at radius 1 is 1.18 bits per heavy atom. The van der Waals surface area contributed by atoms with Crippen molar-refractivity contribution in [3.8, 4) is 11.3 Å². The standard InChI is InChI=1S/C23H21ClN4O5S/c24-19-6-3-14(11-17(19)21-8-5-16(13-29)33-21)25-23(34)26-22(30)18-12-15(28(31)32)4-7-20(18)27-9-1-2-10-27/h3-8,11-12,29H,1-2,9-10,13H2,(H2,25,26,30,34). The first-order valence-corrected chi connectivity index (χ1v) is 11.3. The van der Waals surface area contributed by atoms with Crippen molar-refractivity contribution in [3.05, 3.63) is 75.0 Å². The number of hydrogen-bond donors (Lipinski definition) is 3. The quantitative estimate of drug-likeness (QED) is 0.252. The minimum Gasteiger partial charge on any atom is -0.459 e. The first-order chi connectivity index (χ1) is 16.4. The third kappa shape index (κ3) is 5.19. The van der Waals surface area contributed by atoms with E-state index in [1.165, 1.54) is 12.1 Å². The summed E-state index contributed by atoms with van der Waals surface area (Å²) in [6, 6.07) is 12.6. The lowest BCUT2D eigenvalue weighted by molar-refractivity contribution is -0.384. The maximum absolute atomic E-state index is 13.0. The molecule has 0 atom stereocenters. The fourth-order valence-electron chi connectivity index (χ4n) is 3.79. The lowest BCUT2D eigenvalue weighted by Gasteiger charge is -2.21. The van der Waals surface area contributed by atoms with Crippen molar-refractivity contribution in [2.75, 3.05) is 23.3 Å². The number of anilines is 2. The molecule has 3 N–H and O–H groups in total. The zero-order valence-electron chi connectivity index (χ0n) is 17.9. The van der Waals surface area contributed by atoms with Crippen LogP contribution < -0.4 is 15.5 Å². The zero-order chi connectivity index (χ0) is 24.2. The highest BCUT2D eigenvalue weighted by molar-refractivity contribution is 7.80. The molecule has 1 saturated heterocycles. The Hall–Kier alpha value is -3.47. The monoisotopic (exact) mass is 500 g/mol. The second-order valence-electron chi connectivity index (χ2n) is 7.68. The fourth-order valence-corrected chi connectivity index (χ4v) is 4.21. The van der Waals surface area contributed by atoms with Crippen molar-refractivity contribution in [2.24, 2.45) is 0 Å². The van der Waals surface area contributed by atoms with Crippen LogP contribution in [0.25, 0.3) is 11.3 Å². The van der Waals surface area contributed by atoms with Gasteiger partial charge in [0.15, 0.2) is 5.11 Å². The van der Waals surface area contributed by atoms with Crippen molar-refractivity contribution in [3.63, 3.8) is 0 Å². The summed E-state index contributed by atoms with van der Waals surface area (Å²) in [5.74, 6) is 0.327. The predicted octanol–water partition coefficient (Wildman–Crippen LogP) is 4.73. The number of carbonyl (C=O) groups is 1. The van der Waals surface area contributed by atoms with Crippen molar-refractivity contribution < 1.29 is 19.2 Å². The van der Waals surface area contributed by atoms with E-state index >= 15 is 0 Å². The maximum Gasteiger partial charge on any atom is 0.270 e. The Bertz CT molecular complexity index is 1260. The molecule has 1 aliphatic rings. The van der Waals surface area contributed by atoms with Gasteiger partial charge in [0.25, 0.3) is 11.6 Å². The number of nitro benzene ring substituents is 1. The molecule has 3 aromatic rings. The van der Waals surface area contributed by atoms with Crippen LogP contribution in [0.5, 0.6) is 0 Å². The summed E-state index contributed by atoms with van der Waals surface area (Å²) in [6.45, 7) is 1.32. The number of nitro groups is 1. The highest BCUT2D eigenvalue weighted by atomic mass is 35.5. The van der Waals surface area contributed by atoms with Crippen LogP contribution in [0.2, 0.25) is 5.02 Å². The Labute approximate surface area is 205 Å². The van der Waals surface area contributed by atoms with Gasteiger partial charge in [-0.15, -0.1) is 0 Å². The van der Waals surface area contributed by atoms with E-state index in [9.17, 15) is 20.0 Å². The number of hydrogen-bond acceptors (Lipinski definition) is 7. The number of thiocarbonyl (C=S) groups is 1. The van der Waals surface area contributed by atoms with Crippen LogP contribution in [0, 0.1) is 10.1 Å². The second kappa shape index (κ2) is 10.2. The highest BCUT2D eigenvalue weighted by Gasteiger charge is 2.23. The fraction of sp³-hybridized carbons (Fsp3) is 0.217. The van der Waals surface area contributed by atoms with Crippen molar-refractivity contribution in [2.45, 2.75) is 19.4 Å². The van der Waals surface area contributed by atoms with Gasteiger partial charge < -0.3 is 19.7 Å². The number of benzene rings is 2. The molecule has 34 heavy (non-hydrogen) atoms. The van der Waals surface area contributed by atoms with Gasteiger partial charge in [0.05, 0.1) is 21.2 Å². The largest absolute Gasteiger partial charge is 0.459 e. The number of halogens is 1. The van der Waals surface area contributed by atoms with Crippen LogP contribution in [-0.2, 0) is 6.61 Å². The molecule has 4 rings (SSSR count). The molecular weight excluding hydrogens is 480 g/mol. The SMILES string of the molecule is O=C(NC(=S)Nc1ccc(Cl)c(-c2ccc(CO)o2)c1)c1cc([N+](=O)[O-])ccc1N1CCCC1. The van der Waals surface area contributed by atoms with Crippen molar-refractivity contribution in [1.29, 1.82) is 0 Å².